The van der Waals surface area contributed by atoms with E-state index in [0.717, 1.165) is 11.4 Å². The average molecular weight is 362 g/mol. The summed E-state index contributed by atoms with van der Waals surface area (Å²) in [6.45, 7) is 6.56. The first-order valence-electron chi connectivity index (χ1n) is 7.70. The molecule has 1 heterocycles. The van der Waals surface area contributed by atoms with E-state index in [1.807, 2.05) is 29.7 Å². The molecule has 0 saturated carbocycles. The quantitative estimate of drug-likeness (QED) is 0.544. The van der Waals surface area contributed by atoms with Crippen molar-refractivity contribution in [3.63, 3.8) is 0 Å². The number of allylic oxidation sites excluding steroid dienone is 1. The van der Waals surface area contributed by atoms with Crippen LogP contribution >= 0.6 is 11.8 Å². The van der Waals surface area contributed by atoms with Crippen LogP contribution in [-0.4, -0.2) is 40.6 Å². The third-order valence-electron chi connectivity index (χ3n) is 3.51. The number of benzene rings is 1. The normalized spacial score (nSPS) is 10.4. The van der Waals surface area contributed by atoms with E-state index in [2.05, 4.69) is 22.1 Å². The molecule has 0 bridgehead atoms. The number of rotatable bonds is 9. The summed E-state index contributed by atoms with van der Waals surface area (Å²) in [5.74, 6) is 2.21. The number of nitrogens with zero attached hydrogens (tertiary/aromatic N) is 3. The molecule has 0 saturated heterocycles. The molecule has 2 rings (SSSR count). The molecule has 0 radical (unpaired) electrons. The van der Waals surface area contributed by atoms with Crippen molar-refractivity contribution >= 4 is 17.7 Å². The van der Waals surface area contributed by atoms with Gasteiger partial charge in [0.2, 0.25) is 5.91 Å². The molecule has 0 spiro atoms. The summed E-state index contributed by atoms with van der Waals surface area (Å²) in [7, 11) is 3.16. The molecule has 25 heavy (non-hydrogen) atoms. The third kappa shape index (κ3) is 4.76. The smallest absolute Gasteiger partial charge is 0.230 e. The van der Waals surface area contributed by atoms with E-state index in [1.165, 1.54) is 11.8 Å². The Morgan fingerprint density at radius 2 is 2.16 bits per heavy atom. The number of aromatic nitrogens is 3. The van der Waals surface area contributed by atoms with E-state index < -0.39 is 0 Å². The highest BCUT2D eigenvalue weighted by molar-refractivity contribution is 7.99. The monoisotopic (exact) mass is 362 g/mol. The van der Waals surface area contributed by atoms with Crippen LogP contribution in [0.2, 0.25) is 0 Å². The van der Waals surface area contributed by atoms with Crippen molar-refractivity contribution in [1.29, 1.82) is 0 Å². The van der Waals surface area contributed by atoms with Gasteiger partial charge in [-0.25, -0.2) is 0 Å². The molecule has 0 atom stereocenters. The van der Waals surface area contributed by atoms with Gasteiger partial charge in [0.15, 0.2) is 16.7 Å². The number of thioether (sulfide) groups is 1. The minimum Gasteiger partial charge on any atom is -0.493 e. The molecule has 134 valence electrons. The fraction of sp³-hybridized carbons (Fsp3) is 0.353. The fourth-order valence-electron chi connectivity index (χ4n) is 2.28. The molecule has 1 aromatic heterocycles. The Kier molecular flexibility index (Phi) is 6.88. The summed E-state index contributed by atoms with van der Waals surface area (Å²) in [4.78, 5) is 12.1. The largest absolute Gasteiger partial charge is 0.493 e. The summed E-state index contributed by atoms with van der Waals surface area (Å²) in [6, 6.07) is 5.56. The Morgan fingerprint density at radius 1 is 1.36 bits per heavy atom. The lowest BCUT2D eigenvalue weighted by atomic mass is 10.2. The van der Waals surface area contributed by atoms with Gasteiger partial charge in [0.25, 0.3) is 0 Å². The zero-order valence-corrected chi connectivity index (χ0v) is 15.4. The Hall–Kier alpha value is -2.48. The molecule has 1 amide bonds. The first-order chi connectivity index (χ1) is 12.1. The van der Waals surface area contributed by atoms with Gasteiger partial charge in [-0.1, -0.05) is 30.0 Å². The summed E-state index contributed by atoms with van der Waals surface area (Å²) in [6.07, 6.45) is 1.77. The van der Waals surface area contributed by atoms with Crippen molar-refractivity contribution < 1.29 is 14.3 Å². The van der Waals surface area contributed by atoms with E-state index in [9.17, 15) is 4.79 Å². The van der Waals surface area contributed by atoms with Gasteiger partial charge < -0.3 is 19.4 Å². The van der Waals surface area contributed by atoms with Gasteiger partial charge in [-0.3, -0.25) is 4.79 Å². The minimum absolute atomic E-state index is 0.0966. The number of aryl methyl sites for hydroxylation is 1. The maximum Gasteiger partial charge on any atom is 0.230 e. The lowest BCUT2D eigenvalue weighted by Gasteiger charge is -2.13. The second-order valence-corrected chi connectivity index (χ2v) is 6.09. The molecule has 7 nitrogen and oxygen atoms in total. The van der Waals surface area contributed by atoms with E-state index in [1.54, 1.807) is 20.3 Å². The number of carbonyl (C=O) groups is 1. The van der Waals surface area contributed by atoms with Crippen molar-refractivity contribution in [2.24, 2.45) is 0 Å². The molecular formula is C17H22N4O3S. The fourth-order valence-corrected chi connectivity index (χ4v) is 3.10. The van der Waals surface area contributed by atoms with Crippen LogP contribution in [0.25, 0.3) is 0 Å². The van der Waals surface area contributed by atoms with E-state index in [4.69, 9.17) is 9.47 Å². The predicted molar refractivity (Wildman–Crippen MR) is 97.1 cm³/mol. The predicted octanol–water partition coefficient (Wildman–Crippen LogP) is 2.20. The zero-order valence-electron chi connectivity index (χ0n) is 14.6. The first-order valence-corrected chi connectivity index (χ1v) is 8.69. The lowest BCUT2D eigenvalue weighted by Crippen LogP contribution is -2.25. The summed E-state index contributed by atoms with van der Waals surface area (Å²) < 4.78 is 12.5. The topological polar surface area (TPSA) is 78.3 Å². The van der Waals surface area contributed by atoms with Crippen LogP contribution in [-0.2, 0) is 17.9 Å². The number of carbonyl (C=O) groups excluding carboxylic acids is 1. The van der Waals surface area contributed by atoms with Crippen LogP contribution in [0.15, 0.2) is 36.0 Å². The highest BCUT2D eigenvalue weighted by Crippen LogP contribution is 2.30. The van der Waals surface area contributed by atoms with Crippen molar-refractivity contribution in [3.05, 3.63) is 42.2 Å². The molecular weight excluding hydrogens is 340 g/mol. The SMILES string of the molecule is C=CCn1c(C)nnc1SCC(=O)NCc1cccc(OC)c1OC. The minimum atomic E-state index is -0.0966. The molecule has 1 aromatic carbocycles. The molecule has 0 aliphatic rings. The highest BCUT2D eigenvalue weighted by Gasteiger charge is 2.13. The van der Waals surface area contributed by atoms with Gasteiger partial charge in [0.1, 0.15) is 5.82 Å². The van der Waals surface area contributed by atoms with E-state index in [0.29, 0.717) is 29.7 Å². The number of para-hydroxylation sites is 1. The van der Waals surface area contributed by atoms with E-state index >= 15 is 0 Å². The highest BCUT2D eigenvalue weighted by atomic mass is 32.2. The lowest BCUT2D eigenvalue weighted by molar-refractivity contribution is -0.118. The van der Waals surface area contributed by atoms with Crippen LogP contribution < -0.4 is 14.8 Å². The Morgan fingerprint density at radius 3 is 2.84 bits per heavy atom. The van der Waals surface area contributed by atoms with Crippen LogP contribution in [0, 0.1) is 6.92 Å². The third-order valence-corrected chi connectivity index (χ3v) is 4.47. The van der Waals surface area contributed by atoms with Crippen LogP contribution in [0.3, 0.4) is 0 Å². The Labute approximate surface area is 151 Å². The Balaban J connectivity index is 1.93. The van der Waals surface area contributed by atoms with Crippen molar-refractivity contribution in [2.75, 3.05) is 20.0 Å². The average Bonchev–Trinajstić information content (AvgIpc) is 2.98. The van der Waals surface area contributed by atoms with Gasteiger partial charge in [0.05, 0.1) is 20.0 Å². The number of amides is 1. The van der Waals surface area contributed by atoms with Gasteiger partial charge in [0, 0.05) is 18.7 Å². The number of hydrogen-bond donors (Lipinski definition) is 1. The maximum absolute atomic E-state index is 12.1. The van der Waals surface area contributed by atoms with E-state index in [-0.39, 0.29) is 11.7 Å². The molecule has 2 aromatic rings. The standard InChI is InChI=1S/C17H22N4O3S/c1-5-9-21-12(2)19-20-17(21)25-11-15(22)18-10-13-7-6-8-14(23-3)16(13)24-4/h5-8H,1,9-11H2,2-4H3,(H,18,22). The maximum atomic E-state index is 12.1. The zero-order chi connectivity index (χ0) is 18.2. The van der Waals surface area contributed by atoms with Gasteiger partial charge >= 0.3 is 0 Å². The van der Waals surface area contributed by atoms with Gasteiger partial charge in [-0.2, -0.15) is 0 Å². The first kappa shape index (κ1) is 18.9. The van der Waals surface area contributed by atoms with Crippen LogP contribution in [0.4, 0.5) is 0 Å². The molecule has 0 aliphatic carbocycles. The van der Waals surface area contributed by atoms with Gasteiger partial charge in [-0.15, -0.1) is 16.8 Å². The second kappa shape index (κ2) is 9.12. The van der Waals surface area contributed by atoms with Crippen molar-refractivity contribution in [2.45, 2.75) is 25.2 Å². The molecule has 0 aliphatic heterocycles. The molecule has 0 unspecified atom stereocenters. The number of methoxy groups -OCH3 is 2. The number of nitrogens with one attached hydrogen (secondary N) is 1. The number of ether oxygens (including phenoxy) is 2. The van der Waals surface area contributed by atoms with Crippen molar-refractivity contribution in [1.82, 2.24) is 20.1 Å². The second-order valence-electron chi connectivity index (χ2n) is 5.15. The van der Waals surface area contributed by atoms with Crippen LogP contribution in [0.1, 0.15) is 11.4 Å². The molecule has 0 fully saturated rings. The molecule has 8 heteroatoms. The number of hydrogen-bond acceptors (Lipinski definition) is 6. The van der Waals surface area contributed by atoms with Crippen molar-refractivity contribution in [3.8, 4) is 11.5 Å². The van der Waals surface area contributed by atoms with Gasteiger partial charge in [-0.05, 0) is 13.0 Å². The molecule has 1 N–H and O–H groups in total. The van der Waals surface area contributed by atoms with Crippen LogP contribution in [0.5, 0.6) is 11.5 Å². The Bertz CT molecular complexity index is 745. The summed E-state index contributed by atoms with van der Waals surface area (Å²) >= 11 is 1.34. The summed E-state index contributed by atoms with van der Waals surface area (Å²) in [5, 5.41) is 11.7. The summed E-state index contributed by atoms with van der Waals surface area (Å²) in [5.41, 5.74) is 0.853.